The molecule has 0 radical (unpaired) electrons. The van der Waals surface area contributed by atoms with Crippen LogP contribution in [0.1, 0.15) is 59.3 Å². The van der Waals surface area contributed by atoms with E-state index in [-0.39, 0.29) is 11.9 Å². The summed E-state index contributed by atoms with van der Waals surface area (Å²) in [5.74, 6) is -0.321. The SMILES string of the molecule is CCCCN(CCC(=O)OCCC)CCC(=O)OCCC. The zero-order valence-corrected chi connectivity index (χ0v) is 13.9. The number of nitrogens with zero attached hydrogens (tertiary/aromatic N) is 1. The van der Waals surface area contributed by atoms with Crippen molar-refractivity contribution in [2.75, 3.05) is 32.8 Å². The van der Waals surface area contributed by atoms with Crippen molar-refractivity contribution >= 4 is 11.9 Å². The molecular formula is C16H31NO4. The zero-order valence-electron chi connectivity index (χ0n) is 13.9. The van der Waals surface area contributed by atoms with Crippen LogP contribution in [0, 0.1) is 0 Å². The topological polar surface area (TPSA) is 55.8 Å². The van der Waals surface area contributed by atoms with Crippen LogP contribution in [-0.4, -0.2) is 49.7 Å². The van der Waals surface area contributed by atoms with E-state index >= 15 is 0 Å². The van der Waals surface area contributed by atoms with E-state index in [9.17, 15) is 9.59 Å². The lowest BCUT2D eigenvalue weighted by Gasteiger charge is -2.21. The molecule has 0 aliphatic carbocycles. The van der Waals surface area contributed by atoms with E-state index in [4.69, 9.17) is 9.47 Å². The summed E-state index contributed by atoms with van der Waals surface area (Å²) in [4.78, 5) is 25.2. The minimum atomic E-state index is -0.160. The van der Waals surface area contributed by atoms with Gasteiger partial charge in [0.2, 0.25) is 0 Å². The van der Waals surface area contributed by atoms with E-state index in [1.807, 2.05) is 13.8 Å². The number of unbranched alkanes of at least 4 members (excludes halogenated alkanes) is 1. The molecule has 0 saturated heterocycles. The molecule has 0 saturated carbocycles. The van der Waals surface area contributed by atoms with Gasteiger partial charge in [-0.2, -0.15) is 0 Å². The summed E-state index contributed by atoms with van der Waals surface area (Å²) in [5.41, 5.74) is 0. The second-order valence-corrected chi connectivity index (χ2v) is 5.14. The first-order valence-corrected chi connectivity index (χ1v) is 8.17. The fourth-order valence-corrected chi connectivity index (χ4v) is 1.79. The Morgan fingerprint density at radius 1 is 0.762 bits per heavy atom. The van der Waals surface area contributed by atoms with Gasteiger partial charge in [-0.25, -0.2) is 0 Å². The largest absolute Gasteiger partial charge is 0.466 e. The van der Waals surface area contributed by atoms with Crippen molar-refractivity contribution in [1.29, 1.82) is 0 Å². The molecule has 0 spiro atoms. The quantitative estimate of drug-likeness (QED) is 0.490. The molecule has 0 amide bonds. The molecule has 0 heterocycles. The number of hydrogen-bond donors (Lipinski definition) is 0. The second kappa shape index (κ2) is 13.9. The lowest BCUT2D eigenvalue weighted by molar-refractivity contribution is -0.144. The standard InChI is InChI=1S/C16H31NO4/c1-4-7-10-17(11-8-15(18)20-13-5-2)12-9-16(19)21-14-6-3/h4-14H2,1-3H3. The molecule has 0 aromatic heterocycles. The van der Waals surface area contributed by atoms with Crippen LogP contribution in [0.15, 0.2) is 0 Å². The van der Waals surface area contributed by atoms with Crippen molar-refractivity contribution < 1.29 is 19.1 Å². The van der Waals surface area contributed by atoms with Crippen LogP contribution in [0.25, 0.3) is 0 Å². The molecule has 0 atom stereocenters. The van der Waals surface area contributed by atoms with Gasteiger partial charge in [0.25, 0.3) is 0 Å². The van der Waals surface area contributed by atoms with Gasteiger partial charge in [-0.1, -0.05) is 27.2 Å². The van der Waals surface area contributed by atoms with E-state index < -0.39 is 0 Å². The van der Waals surface area contributed by atoms with E-state index in [1.54, 1.807) is 0 Å². The lowest BCUT2D eigenvalue weighted by Crippen LogP contribution is -2.30. The highest BCUT2D eigenvalue weighted by atomic mass is 16.5. The molecule has 0 fully saturated rings. The van der Waals surface area contributed by atoms with Gasteiger partial charge in [-0.05, 0) is 25.8 Å². The summed E-state index contributed by atoms with van der Waals surface area (Å²) < 4.78 is 10.1. The van der Waals surface area contributed by atoms with Gasteiger partial charge < -0.3 is 14.4 Å². The molecule has 0 bridgehead atoms. The molecule has 21 heavy (non-hydrogen) atoms. The maximum Gasteiger partial charge on any atom is 0.307 e. The Bertz CT molecular complexity index is 257. The van der Waals surface area contributed by atoms with E-state index in [2.05, 4.69) is 11.8 Å². The van der Waals surface area contributed by atoms with Gasteiger partial charge in [0, 0.05) is 13.1 Å². The molecule has 0 rings (SSSR count). The Morgan fingerprint density at radius 3 is 1.62 bits per heavy atom. The number of hydrogen-bond acceptors (Lipinski definition) is 5. The van der Waals surface area contributed by atoms with Gasteiger partial charge in [0.05, 0.1) is 26.1 Å². The van der Waals surface area contributed by atoms with Gasteiger partial charge in [-0.3, -0.25) is 9.59 Å². The highest BCUT2D eigenvalue weighted by Crippen LogP contribution is 2.01. The Morgan fingerprint density at radius 2 is 1.24 bits per heavy atom. The summed E-state index contributed by atoms with van der Waals surface area (Å²) in [6.07, 6.45) is 4.61. The van der Waals surface area contributed by atoms with Crippen molar-refractivity contribution in [1.82, 2.24) is 4.90 Å². The van der Waals surface area contributed by atoms with Crippen LogP contribution in [0.2, 0.25) is 0 Å². The molecule has 0 N–H and O–H groups in total. The normalized spacial score (nSPS) is 10.7. The van der Waals surface area contributed by atoms with Crippen LogP contribution in [0.4, 0.5) is 0 Å². The predicted octanol–water partition coefficient (Wildman–Crippen LogP) is 2.78. The maximum absolute atomic E-state index is 11.5. The first-order valence-electron chi connectivity index (χ1n) is 8.17. The summed E-state index contributed by atoms with van der Waals surface area (Å²) in [7, 11) is 0. The Kier molecular flexibility index (Phi) is 13.1. The highest BCUT2D eigenvalue weighted by Gasteiger charge is 2.11. The average molecular weight is 301 g/mol. The van der Waals surface area contributed by atoms with Gasteiger partial charge in [0.1, 0.15) is 0 Å². The summed E-state index contributed by atoms with van der Waals surface area (Å²) in [6.45, 7) is 9.23. The average Bonchev–Trinajstić information content (AvgIpc) is 2.49. The van der Waals surface area contributed by atoms with Crippen LogP contribution in [0.3, 0.4) is 0 Å². The molecule has 5 heteroatoms. The fourth-order valence-electron chi connectivity index (χ4n) is 1.79. The Labute approximate surface area is 129 Å². The molecule has 0 aromatic rings. The fraction of sp³-hybridized carbons (Fsp3) is 0.875. The molecule has 0 aliphatic rings. The number of carbonyl (C=O) groups excluding carboxylic acids is 2. The van der Waals surface area contributed by atoms with Gasteiger partial charge >= 0.3 is 11.9 Å². The third-order valence-corrected chi connectivity index (χ3v) is 3.03. The van der Waals surface area contributed by atoms with Crippen molar-refractivity contribution in [2.24, 2.45) is 0 Å². The number of rotatable bonds is 13. The zero-order chi connectivity index (χ0) is 15.9. The van der Waals surface area contributed by atoms with Crippen LogP contribution in [-0.2, 0) is 19.1 Å². The van der Waals surface area contributed by atoms with Gasteiger partial charge in [0.15, 0.2) is 0 Å². The maximum atomic E-state index is 11.5. The van der Waals surface area contributed by atoms with E-state index in [0.717, 1.165) is 32.2 Å². The summed E-state index contributed by atoms with van der Waals surface area (Å²) in [6, 6.07) is 0. The minimum absolute atomic E-state index is 0.160. The molecule has 124 valence electrons. The van der Waals surface area contributed by atoms with Gasteiger partial charge in [-0.15, -0.1) is 0 Å². The Hall–Kier alpha value is -1.10. The van der Waals surface area contributed by atoms with Crippen molar-refractivity contribution in [2.45, 2.75) is 59.3 Å². The number of carbonyl (C=O) groups is 2. The van der Waals surface area contributed by atoms with Crippen LogP contribution < -0.4 is 0 Å². The predicted molar refractivity (Wildman–Crippen MR) is 83.1 cm³/mol. The van der Waals surface area contributed by atoms with Crippen LogP contribution in [0.5, 0.6) is 0 Å². The third kappa shape index (κ3) is 12.4. The highest BCUT2D eigenvalue weighted by molar-refractivity contribution is 5.70. The lowest BCUT2D eigenvalue weighted by atomic mass is 10.2. The monoisotopic (exact) mass is 301 g/mol. The number of ether oxygens (including phenoxy) is 2. The van der Waals surface area contributed by atoms with Crippen molar-refractivity contribution in [3.8, 4) is 0 Å². The van der Waals surface area contributed by atoms with Crippen molar-refractivity contribution in [3.63, 3.8) is 0 Å². The van der Waals surface area contributed by atoms with E-state index in [1.165, 1.54) is 0 Å². The molecular weight excluding hydrogens is 270 g/mol. The second-order valence-electron chi connectivity index (χ2n) is 5.14. The molecule has 0 aromatic carbocycles. The molecule has 0 unspecified atom stereocenters. The third-order valence-electron chi connectivity index (χ3n) is 3.03. The minimum Gasteiger partial charge on any atom is -0.466 e. The Balaban J connectivity index is 4.01. The molecule has 0 aliphatic heterocycles. The first kappa shape index (κ1) is 19.9. The number of esters is 2. The molecule has 5 nitrogen and oxygen atoms in total. The van der Waals surface area contributed by atoms with E-state index in [0.29, 0.717) is 39.1 Å². The summed E-state index contributed by atoms with van der Waals surface area (Å²) >= 11 is 0. The smallest absolute Gasteiger partial charge is 0.307 e. The van der Waals surface area contributed by atoms with Crippen molar-refractivity contribution in [3.05, 3.63) is 0 Å². The first-order chi connectivity index (χ1) is 10.1. The van der Waals surface area contributed by atoms with Crippen LogP contribution >= 0.6 is 0 Å². The summed E-state index contributed by atoms with van der Waals surface area (Å²) in [5, 5.41) is 0.